The second-order valence-corrected chi connectivity index (χ2v) is 5.97. The molecule has 1 N–H and O–H groups in total. The van der Waals surface area contributed by atoms with Gasteiger partial charge in [0.2, 0.25) is 0 Å². The molecule has 0 atom stereocenters. The Bertz CT molecular complexity index is 753. The maximum absolute atomic E-state index is 13.0. The monoisotopic (exact) mass is 480 g/mol. The van der Waals surface area contributed by atoms with E-state index in [1.807, 2.05) is 0 Å². The zero-order chi connectivity index (χ0) is 18.9. The van der Waals surface area contributed by atoms with Crippen molar-refractivity contribution in [2.24, 2.45) is 5.10 Å². The van der Waals surface area contributed by atoms with E-state index < -0.39 is 18.1 Å². The van der Waals surface area contributed by atoms with Gasteiger partial charge in [-0.2, -0.15) is 35.8 Å². The van der Waals surface area contributed by atoms with Gasteiger partial charge in [-0.15, -0.1) is 0 Å². The lowest BCUT2D eigenvalue weighted by molar-refractivity contribution is -0.361. The van der Waals surface area contributed by atoms with E-state index >= 15 is 0 Å². The number of hydrazone groups is 1. The van der Waals surface area contributed by atoms with Crippen molar-refractivity contribution in [3.05, 3.63) is 45.7 Å². The maximum Gasteiger partial charge on any atom is 0.462 e. The van der Waals surface area contributed by atoms with Crippen molar-refractivity contribution >= 4 is 28.8 Å². The summed E-state index contributed by atoms with van der Waals surface area (Å²) in [5.41, 5.74) is 1.17. The molecule has 1 aromatic heterocycles. The summed E-state index contributed by atoms with van der Waals surface area (Å²) in [6.45, 7) is 0. The first kappa shape index (κ1) is 19.5. The van der Waals surface area contributed by atoms with Crippen LogP contribution in [0.3, 0.4) is 0 Å². The highest BCUT2D eigenvalue weighted by Crippen LogP contribution is 2.44. The molecule has 0 unspecified atom stereocenters. The van der Waals surface area contributed by atoms with Crippen molar-refractivity contribution < 1.29 is 35.2 Å². The third-order valence-corrected chi connectivity index (χ3v) is 3.62. The molecular weight excluding hydrogens is 472 g/mol. The Kier molecular flexibility index (Phi) is 5.35. The van der Waals surface area contributed by atoms with Gasteiger partial charge in [-0.05, 0) is 46.9 Å². The first-order valence-corrected chi connectivity index (χ1v) is 7.50. The molecule has 11 heteroatoms. The van der Waals surface area contributed by atoms with Gasteiger partial charge >= 0.3 is 18.1 Å². The first-order valence-electron chi connectivity index (χ1n) is 6.42. The van der Waals surface area contributed by atoms with E-state index in [1.54, 1.807) is 24.3 Å². The number of hydrogen-bond acceptors (Lipinski definition) is 3. The van der Waals surface area contributed by atoms with E-state index in [4.69, 9.17) is 4.42 Å². The molecule has 1 heterocycles. The van der Waals surface area contributed by atoms with Gasteiger partial charge in [0, 0.05) is 9.13 Å². The van der Waals surface area contributed by atoms with Crippen molar-refractivity contribution in [1.29, 1.82) is 0 Å². The minimum absolute atomic E-state index is 0.118. The van der Waals surface area contributed by atoms with E-state index in [-0.39, 0.29) is 5.76 Å². The molecule has 2 rings (SSSR count). The van der Waals surface area contributed by atoms with Crippen LogP contribution >= 0.6 is 22.6 Å². The van der Waals surface area contributed by atoms with Crippen LogP contribution in [0.15, 0.2) is 45.9 Å². The van der Waals surface area contributed by atoms with E-state index in [9.17, 15) is 30.7 Å². The van der Waals surface area contributed by atoms with E-state index in [0.717, 1.165) is 3.57 Å². The molecule has 0 saturated carbocycles. The highest BCUT2D eigenvalue weighted by Gasteiger charge is 2.73. The molecule has 0 radical (unpaired) electrons. The van der Waals surface area contributed by atoms with E-state index in [1.165, 1.54) is 12.1 Å². The first-order chi connectivity index (χ1) is 11.4. The third-order valence-electron chi connectivity index (χ3n) is 2.90. The molecule has 1 aromatic carbocycles. The van der Waals surface area contributed by atoms with Crippen LogP contribution in [-0.2, 0) is 0 Å². The Morgan fingerprint density at radius 2 is 1.52 bits per heavy atom. The fourth-order valence-electron chi connectivity index (χ4n) is 1.62. The van der Waals surface area contributed by atoms with E-state index in [2.05, 4.69) is 27.7 Å². The van der Waals surface area contributed by atoms with Crippen LogP contribution < -0.4 is 5.43 Å². The van der Waals surface area contributed by atoms with Gasteiger partial charge in [-0.3, -0.25) is 0 Å². The van der Waals surface area contributed by atoms with Crippen molar-refractivity contribution in [3.63, 3.8) is 0 Å². The largest absolute Gasteiger partial charge is 0.462 e. The van der Waals surface area contributed by atoms with Crippen LogP contribution in [0.1, 0.15) is 5.76 Å². The van der Waals surface area contributed by atoms with Crippen LogP contribution in [0.5, 0.6) is 0 Å². The third kappa shape index (κ3) is 4.25. The standard InChI is InChI=1S/C14H8F7IN2O/c15-12(16,13(17,18)19)14(20,21)24-23-7-10-5-6-11(25-10)8-1-3-9(22)4-2-8/h1-7,24H/b23-7+. The Morgan fingerprint density at radius 1 is 0.920 bits per heavy atom. The minimum atomic E-state index is -6.43. The molecule has 0 aliphatic rings. The summed E-state index contributed by atoms with van der Waals surface area (Å²) in [6, 6.07) is 4.15. The predicted molar refractivity (Wildman–Crippen MR) is 83.5 cm³/mol. The molecular formula is C14H8F7IN2O. The molecule has 25 heavy (non-hydrogen) atoms. The number of nitrogens with one attached hydrogen (secondary N) is 1. The van der Waals surface area contributed by atoms with Gasteiger partial charge in [0.25, 0.3) is 0 Å². The average Bonchev–Trinajstić information content (AvgIpc) is 2.95. The number of nitrogens with zero attached hydrogens (tertiary/aromatic N) is 1. The molecule has 0 fully saturated rings. The Morgan fingerprint density at radius 3 is 2.08 bits per heavy atom. The normalized spacial score (nSPS) is 13.4. The lowest BCUT2D eigenvalue weighted by atomic mass is 10.2. The second-order valence-electron chi connectivity index (χ2n) is 4.73. The topological polar surface area (TPSA) is 37.5 Å². The Balaban J connectivity index is 2.09. The summed E-state index contributed by atoms with van der Waals surface area (Å²) < 4.78 is 93.3. The number of rotatable bonds is 5. The minimum Gasteiger partial charge on any atom is -0.455 e. The van der Waals surface area contributed by atoms with Gasteiger partial charge in [0.05, 0.1) is 6.21 Å². The summed E-state index contributed by atoms with van der Waals surface area (Å²) in [4.78, 5) is 0. The maximum atomic E-state index is 13.0. The lowest BCUT2D eigenvalue weighted by Gasteiger charge is -2.27. The Hall–Kier alpha value is -1.79. The average molecular weight is 480 g/mol. The highest BCUT2D eigenvalue weighted by atomic mass is 127. The number of hydrogen-bond donors (Lipinski definition) is 1. The molecule has 0 bridgehead atoms. The summed E-state index contributed by atoms with van der Waals surface area (Å²) in [5, 5.41) is 2.71. The quantitative estimate of drug-likeness (QED) is 0.209. The lowest BCUT2D eigenvalue weighted by Crippen LogP contribution is -2.58. The molecule has 2 aromatic rings. The SMILES string of the molecule is FC(F)(F)C(F)(F)C(F)(F)N/N=C/c1ccc(-c2ccc(I)cc2)o1. The molecule has 136 valence electrons. The zero-order valence-electron chi connectivity index (χ0n) is 11.9. The Labute approximate surface area is 150 Å². The van der Waals surface area contributed by atoms with Crippen LogP contribution in [0, 0.1) is 3.57 Å². The number of halogens is 8. The van der Waals surface area contributed by atoms with Crippen LogP contribution in [0.4, 0.5) is 30.7 Å². The van der Waals surface area contributed by atoms with Crippen LogP contribution in [0.25, 0.3) is 11.3 Å². The highest BCUT2D eigenvalue weighted by molar-refractivity contribution is 14.1. The molecule has 0 spiro atoms. The van der Waals surface area contributed by atoms with Crippen molar-refractivity contribution in [2.75, 3.05) is 0 Å². The summed E-state index contributed by atoms with van der Waals surface area (Å²) in [5.74, 6) is -6.07. The smallest absolute Gasteiger partial charge is 0.455 e. The van der Waals surface area contributed by atoms with Gasteiger partial charge in [-0.25, -0.2) is 5.43 Å². The summed E-state index contributed by atoms with van der Waals surface area (Å²) in [6.07, 6.45) is -5.86. The molecule has 0 amide bonds. The molecule has 0 aliphatic heterocycles. The molecule has 0 aliphatic carbocycles. The fraction of sp³-hybridized carbons (Fsp3) is 0.214. The van der Waals surface area contributed by atoms with Gasteiger partial charge < -0.3 is 4.42 Å². The van der Waals surface area contributed by atoms with Crippen molar-refractivity contribution in [2.45, 2.75) is 18.1 Å². The molecule has 3 nitrogen and oxygen atoms in total. The van der Waals surface area contributed by atoms with E-state index in [0.29, 0.717) is 23.0 Å². The summed E-state index contributed by atoms with van der Waals surface area (Å²) >= 11 is 2.09. The number of furan rings is 1. The predicted octanol–water partition coefficient (Wildman–Crippen LogP) is 5.27. The summed E-state index contributed by atoms with van der Waals surface area (Å²) in [7, 11) is 0. The van der Waals surface area contributed by atoms with Crippen molar-refractivity contribution in [3.8, 4) is 11.3 Å². The zero-order valence-corrected chi connectivity index (χ0v) is 14.1. The van der Waals surface area contributed by atoms with Gasteiger partial charge in [0.1, 0.15) is 11.5 Å². The second kappa shape index (κ2) is 6.84. The fourth-order valence-corrected chi connectivity index (χ4v) is 1.98. The van der Waals surface area contributed by atoms with Crippen molar-refractivity contribution in [1.82, 2.24) is 5.43 Å². The van der Waals surface area contributed by atoms with Crippen LogP contribution in [0.2, 0.25) is 0 Å². The van der Waals surface area contributed by atoms with Gasteiger partial charge in [0.15, 0.2) is 0 Å². The van der Waals surface area contributed by atoms with Gasteiger partial charge in [-0.1, -0.05) is 12.1 Å². The van der Waals surface area contributed by atoms with Crippen LogP contribution in [-0.4, -0.2) is 24.4 Å². The number of benzene rings is 1. The molecule has 0 saturated heterocycles. The number of alkyl halides is 7.